The second-order valence-corrected chi connectivity index (χ2v) is 7.16. The van der Waals surface area contributed by atoms with Crippen molar-refractivity contribution in [2.75, 3.05) is 38.3 Å². The smallest absolute Gasteiger partial charge is 0.151 e. The molecule has 0 aromatic carbocycles. The van der Waals surface area contributed by atoms with E-state index in [4.69, 9.17) is 4.74 Å². The zero-order valence-electron chi connectivity index (χ0n) is 10.8. The van der Waals surface area contributed by atoms with E-state index in [1.165, 1.54) is 25.7 Å². The summed E-state index contributed by atoms with van der Waals surface area (Å²) in [4.78, 5) is 0. The van der Waals surface area contributed by atoms with Crippen LogP contribution in [0.5, 0.6) is 0 Å². The molecular weight excluding hydrogens is 238 g/mol. The highest BCUT2D eigenvalue weighted by molar-refractivity contribution is 7.91. The Morgan fingerprint density at radius 3 is 2.59 bits per heavy atom. The lowest BCUT2D eigenvalue weighted by Crippen LogP contribution is -2.28. The zero-order valence-corrected chi connectivity index (χ0v) is 11.6. The van der Waals surface area contributed by atoms with Crippen LogP contribution in [0.15, 0.2) is 0 Å². The molecule has 0 aromatic heterocycles. The van der Waals surface area contributed by atoms with E-state index in [-0.39, 0.29) is 11.5 Å². The molecule has 5 heteroatoms. The van der Waals surface area contributed by atoms with Crippen LogP contribution in [-0.4, -0.2) is 46.7 Å². The lowest BCUT2D eigenvalue weighted by molar-refractivity contribution is 0.199. The zero-order chi connectivity index (χ0) is 12.6. The van der Waals surface area contributed by atoms with Gasteiger partial charge in [-0.3, -0.25) is 0 Å². The SMILES string of the molecule is COCCCS(=O)(=O)CCNCC1CCCC1. The van der Waals surface area contributed by atoms with Crippen molar-refractivity contribution >= 4 is 9.84 Å². The van der Waals surface area contributed by atoms with Gasteiger partial charge in [-0.15, -0.1) is 0 Å². The Hall–Kier alpha value is -0.130. The molecule has 4 nitrogen and oxygen atoms in total. The standard InChI is InChI=1S/C12H25NO3S/c1-16-8-4-9-17(14,15)10-7-13-11-12-5-2-3-6-12/h12-13H,2-11H2,1H3. The van der Waals surface area contributed by atoms with E-state index in [1.54, 1.807) is 7.11 Å². The molecule has 0 heterocycles. The predicted octanol–water partition coefficient (Wildman–Crippen LogP) is 1.22. The fourth-order valence-electron chi connectivity index (χ4n) is 2.27. The number of methoxy groups -OCH3 is 1. The summed E-state index contributed by atoms with van der Waals surface area (Å²) in [5.74, 6) is 1.27. The highest BCUT2D eigenvalue weighted by Gasteiger charge is 2.15. The molecule has 102 valence electrons. The first-order chi connectivity index (χ1) is 8.14. The van der Waals surface area contributed by atoms with Gasteiger partial charge in [-0.2, -0.15) is 0 Å². The normalized spacial score (nSPS) is 17.7. The van der Waals surface area contributed by atoms with Gasteiger partial charge in [0.05, 0.1) is 11.5 Å². The molecule has 1 aliphatic rings. The van der Waals surface area contributed by atoms with Crippen LogP contribution in [-0.2, 0) is 14.6 Å². The summed E-state index contributed by atoms with van der Waals surface area (Å²) in [6.45, 7) is 2.09. The van der Waals surface area contributed by atoms with Gasteiger partial charge in [-0.25, -0.2) is 8.42 Å². The maximum atomic E-state index is 11.6. The van der Waals surface area contributed by atoms with E-state index >= 15 is 0 Å². The topological polar surface area (TPSA) is 55.4 Å². The Bertz CT molecular complexity index is 284. The van der Waals surface area contributed by atoms with E-state index in [0.717, 1.165) is 12.5 Å². The fraction of sp³-hybridized carbons (Fsp3) is 1.00. The Morgan fingerprint density at radius 1 is 1.24 bits per heavy atom. The number of ether oxygens (including phenoxy) is 1. The first-order valence-corrected chi connectivity index (χ1v) is 8.36. The molecule has 0 bridgehead atoms. The van der Waals surface area contributed by atoms with E-state index in [2.05, 4.69) is 5.32 Å². The van der Waals surface area contributed by atoms with Crippen LogP contribution in [0.25, 0.3) is 0 Å². The minimum Gasteiger partial charge on any atom is -0.385 e. The molecular formula is C12H25NO3S. The quantitative estimate of drug-likeness (QED) is 0.636. The fourth-order valence-corrected chi connectivity index (χ4v) is 3.49. The molecule has 17 heavy (non-hydrogen) atoms. The van der Waals surface area contributed by atoms with Crippen LogP contribution in [0.1, 0.15) is 32.1 Å². The molecule has 0 atom stereocenters. The van der Waals surface area contributed by atoms with Crippen molar-refractivity contribution in [1.82, 2.24) is 5.32 Å². The highest BCUT2D eigenvalue weighted by atomic mass is 32.2. The molecule has 1 saturated carbocycles. The molecule has 1 fully saturated rings. The minimum absolute atomic E-state index is 0.242. The van der Waals surface area contributed by atoms with Crippen LogP contribution >= 0.6 is 0 Å². The molecule has 0 aromatic rings. The van der Waals surface area contributed by atoms with E-state index in [0.29, 0.717) is 19.6 Å². The van der Waals surface area contributed by atoms with Crippen molar-refractivity contribution in [2.24, 2.45) is 5.92 Å². The monoisotopic (exact) mass is 263 g/mol. The van der Waals surface area contributed by atoms with Gasteiger partial charge in [-0.05, 0) is 31.7 Å². The number of sulfone groups is 1. The van der Waals surface area contributed by atoms with Gasteiger partial charge in [-0.1, -0.05) is 12.8 Å². The first kappa shape index (κ1) is 14.9. The Kier molecular flexibility index (Phi) is 7.08. The lowest BCUT2D eigenvalue weighted by Gasteiger charge is -2.10. The van der Waals surface area contributed by atoms with Gasteiger partial charge in [0.25, 0.3) is 0 Å². The summed E-state index contributed by atoms with van der Waals surface area (Å²) in [6, 6.07) is 0. The van der Waals surface area contributed by atoms with Crippen molar-refractivity contribution in [1.29, 1.82) is 0 Å². The van der Waals surface area contributed by atoms with Crippen molar-refractivity contribution < 1.29 is 13.2 Å². The van der Waals surface area contributed by atoms with Crippen LogP contribution in [0.2, 0.25) is 0 Å². The van der Waals surface area contributed by atoms with E-state index in [1.807, 2.05) is 0 Å². The molecule has 0 aliphatic heterocycles. The van der Waals surface area contributed by atoms with E-state index < -0.39 is 9.84 Å². The van der Waals surface area contributed by atoms with Crippen molar-refractivity contribution in [3.8, 4) is 0 Å². The molecule has 1 N–H and O–H groups in total. The Balaban J connectivity index is 2.03. The highest BCUT2D eigenvalue weighted by Crippen LogP contribution is 2.23. The molecule has 0 radical (unpaired) electrons. The third kappa shape index (κ3) is 7.01. The molecule has 1 rings (SSSR count). The molecule has 0 amide bonds. The summed E-state index contributed by atoms with van der Waals surface area (Å²) < 4.78 is 28.1. The molecule has 0 saturated heterocycles. The number of nitrogens with one attached hydrogen (secondary N) is 1. The average Bonchev–Trinajstić information content (AvgIpc) is 2.77. The number of hydrogen-bond acceptors (Lipinski definition) is 4. The van der Waals surface area contributed by atoms with Crippen molar-refractivity contribution in [3.05, 3.63) is 0 Å². The summed E-state index contributed by atoms with van der Waals surface area (Å²) in [5, 5.41) is 3.26. The first-order valence-electron chi connectivity index (χ1n) is 6.54. The van der Waals surface area contributed by atoms with Crippen LogP contribution in [0, 0.1) is 5.92 Å². The average molecular weight is 263 g/mol. The summed E-state index contributed by atoms with van der Waals surface area (Å²) in [5.41, 5.74) is 0. The summed E-state index contributed by atoms with van der Waals surface area (Å²) in [6.07, 6.45) is 5.87. The predicted molar refractivity (Wildman–Crippen MR) is 70.0 cm³/mol. The number of hydrogen-bond donors (Lipinski definition) is 1. The van der Waals surface area contributed by atoms with Crippen molar-refractivity contribution in [2.45, 2.75) is 32.1 Å². The van der Waals surface area contributed by atoms with Gasteiger partial charge in [0.15, 0.2) is 9.84 Å². The van der Waals surface area contributed by atoms with Crippen LogP contribution in [0.4, 0.5) is 0 Å². The third-order valence-electron chi connectivity index (χ3n) is 3.30. The molecule has 1 aliphatic carbocycles. The lowest BCUT2D eigenvalue weighted by atomic mass is 10.1. The Labute approximate surface area is 105 Å². The van der Waals surface area contributed by atoms with Crippen molar-refractivity contribution in [3.63, 3.8) is 0 Å². The van der Waals surface area contributed by atoms with Gasteiger partial charge in [0.1, 0.15) is 0 Å². The number of rotatable bonds is 9. The van der Waals surface area contributed by atoms with Gasteiger partial charge < -0.3 is 10.1 Å². The van der Waals surface area contributed by atoms with Gasteiger partial charge in [0, 0.05) is 20.3 Å². The van der Waals surface area contributed by atoms with Crippen LogP contribution in [0.3, 0.4) is 0 Å². The minimum atomic E-state index is -2.89. The largest absolute Gasteiger partial charge is 0.385 e. The summed E-state index contributed by atoms with van der Waals surface area (Å²) in [7, 11) is -1.30. The molecule has 0 spiro atoms. The second kappa shape index (κ2) is 8.06. The molecule has 0 unspecified atom stereocenters. The summed E-state index contributed by atoms with van der Waals surface area (Å²) >= 11 is 0. The van der Waals surface area contributed by atoms with Crippen LogP contribution < -0.4 is 5.32 Å². The maximum absolute atomic E-state index is 11.6. The maximum Gasteiger partial charge on any atom is 0.151 e. The Morgan fingerprint density at radius 2 is 1.94 bits per heavy atom. The van der Waals surface area contributed by atoms with Gasteiger partial charge in [0.2, 0.25) is 0 Å². The third-order valence-corrected chi connectivity index (χ3v) is 5.04. The van der Waals surface area contributed by atoms with Gasteiger partial charge >= 0.3 is 0 Å². The second-order valence-electron chi connectivity index (χ2n) is 4.85. The van der Waals surface area contributed by atoms with E-state index in [9.17, 15) is 8.42 Å².